The first-order chi connectivity index (χ1) is 13.0. The van der Waals surface area contributed by atoms with Crippen LogP contribution in [0.1, 0.15) is 10.8 Å². The number of carbonyl (C=O) groups is 1. The zero-order valence-electron chi connectivity index (χ0n) is 14.6. The number of hydrogen-bond donors (Lipinski definition) is 3. The van der Waals surface area contributed by atoms with Gasteiger partial charge in [-0.3, -0.25) is 4.79 Å². The molecule has 1 aromatic heterocycles. The summed E-state index contributed by atoms with van der Waals surface area (Å²) in [6, 6.07) is 18.0. The van der Waals surface area contributed by atoms with Crippen molar-refractivity contribution in [2.24, 2.45) is 0 Å². The lowest BCUT2D eigenvalue weighted by Gasteiger charge is -2.17. The number of ether oxygens (including phenoxy) is 1. The third kappa shape index (κ3) is 4.89. The van der Waals surface area contributed by atoms with Gasteiger partial charge in [0.25, 0.3) is 0 Å². The summed E-state index contributed by atoms with van der Waals surface area (Å²) in [6.45, 7) is 0. The Bertz CT molecular complexity index is 916. The molecule has 3 rings (SSSR count). The molecular formula is C19H19N5O2S. The number of rotatable bonds is 6. The molecule has 1 amide bonds. The molecule has 0 aliphatic heterocycles. The van der Waals surface area contributed by atoms with Gasteiger partial charge >= 0.3 is 0 Å². The van der Waals surface area contributed by atoms with Gasteiger partial charge in [-0.25, -0.2) is 9.97 Å². The maximum Gasteiger partial charge on any atom is 0.242 e. The number of nitrogens with two attached hydrogens (primary N) is 2. The van der Waals surface area contributed by atoms with E-state index in [2.05, 4.69) is 15.3 Å². The van der Waals surface area contributed by atoms with E-state index in [9.17, 15) is 4.79 Å². The molecule has 0 aliphatic carbocycles. The molecule has 0 radical (unpaired) electrons. The zero-order valence-corrected chi connectivity index (χ0v) is 15.4. The number of anilines is 3. The topological polar surface area (TPSA) is 116 Å². The molecule has 3 aromatic rings. The number of hydrogen-bond acceptors (Lipinski definition) is 7. The quantitative estimate of drug-likeness (QED) is 0.444. The summed E-state index contributed by atoms with van der Waals surface area (Å²) in [6.07, 6.45) is 0. The SMILES string of the molecule is COc1cccc(NC(=O)[C@H](Sc2nc(N)cc(N)n2)c2ccccc2)c1. The Balaban J connectivity index is 1.88. The normalized spacial score (nSPS) is 11.6. The minimum Gasteiger partial charge on any atom is -0.497 e. The highest BCUT2D eigenvalue weighted by atomic mass is 32.2. The number of nitrogen functional groups attached to an aromatic ring is 2. The fraction of sp³-hybridized carbons (Fsp3) is 0.105. The summed E-state index contributed by atoms with van der Waals surface area (Å²) >= 11 is 1.18. The third-order valence-electron chi connectivity index (χ3n) is 3.65. The van der Waals surface area contributed by atoms with Crippen molar-refractivity contribution in [2.75, 3.05) is 23.9 Å². The molecule has 138 valence electrons. The van der Waals surface area contributed by atoms with Crippen LogP contribution in [0, 0.1) is 0 Å². The van der Waals surface area contributed by atoms with E-state index in [1.165, 1.54) is 17.8 Å². The number of amides is 1. The molecule has 8 heteroatoms. The summed E-state index contributed by atoms with van der Waals surface area (Å²) in [5.41, 5.74) is 12.9. The van der Waals surface area contributed by atoms with E-state index in [0.29, 0.717) is 16.6 Å². The van der Waals surface area contributed by atoms with Crippen LogP contribution in [0.4, 0.5) is 17.3 Å². The zero-order chi connectivity index (χ0) is 19.2. The van der Waals surface area contributed by atoms with E-state index < -0.39 is 5.25 Å². The standard InChI is InChI=1S/C19H19N5O2S/c1-26-14-9-5-8-13(10-14)22-18(25)17(12-6-3-2-4-7-12)27-19-23-15(20)11-16(21)24-19/h2-11,17H,1H3,(H,22,25)(H4,20,21,23,24)/t17-/m1/s1. The summed E-state index contributed by atoms with van der Waals surface area (Å²) < 4.78 is 5.20. The molecule has 1 heterocycles. The van der Waals surface area contributed by atoms with Gasteiger partial charge < -0.3 is 21.5 Å². The summed E-state index contributed by atoms with van der Waals surface area (Å²) in [5.74, 6) is 0.947. The van der Waals surface area contributed by atoms with Gasteiger partial charge in [-0.15, -0.1) is 0 Å². The first-order valence-corrected chi connectivity index (χ1v) is 8.99. The van der Waals surface area contributed by atoms with Crippen LogP contribution in [0.3, 0.4) is 0 Å². The van der Waals surface area contributed by atoms with Crippen molar-refractivity contribution >= 4 is 35.0 Å². The van der Waals surface area contributed by atoms with Crippen molar-refractivity contribution in [3.8, 4) is 5.75 Å². The number of benzene rings is 2. The second kappa shape index (κ2) is 8.41. The maximum atomic E-state index is 13.0. The lowest BCUT2D eigenvalue weighted by Crippen LogP contribution is -2.19. The van der Waals surface area contributed by atoms with Gasteiger partial charge in [0.15, 0.2) is 5.16 Å². The van der Waals surface area contributed by atoms with Crippen molar-refractivity contribution in [1.82, 2.24) is 9.97 Å². The number of thioether (sulfide) groups is 1. The van der Waals surface area contributed by atoms with Crippen molar-refractivity contribution in [3.05, 3.63) is 66.2 Å². The summed E-state index contributed by atoms with van der Waals surface area (Å²) in [5, 5.41) is 2.66. The molecule has 7 nitrogen and oxygen atoms in total. The third-order valence-corrected chi connectivity index (χ3v) is 4.76. The Morgan fingerprint density at radius 3 is 2.41 bits per heavy atom. The molecular weight excluding hydrogens is 362 g/mol. The molecule has 0 bridgehead atoms. The molecule has 27 heavy (non-hydrogen) atoms. The minimum absolute atomic E-state index is 0.218. The molecule has 0 aliphatic rings. The van der Waals surface area contributed by atoms with Crippen LogP contribution >= 0.6 is 11.8 Å². The monoisotopic (exact) mass is 381 g/mol. The van der Waals surface area contributed by atoms with E-state index in [1.54, 1.807) is 25.3 Å². The first-order valence-electron chi connectivity index (χ1n) is 8.11. The second-order valence-corrected chi connectivity index (χ2v) is 6.70. The average molecular weight is 381 g/mol. The maximum absolute atomic E-state index is 13.0. The Hall–Kier alpha value is -3.26. The minimum atomic E-state index is -0.585. The van der Waals surface area contributed by atoms with Crippen LogP contribution in [-0.4, -0.2) is 23.0 Å². The predicted molar refractivity (Wildman–Crippen MR) is 108 cm³/mol. The highest BCUT2D eigenvalue weighted by Crippen LogP contribution is 2.35. The smallest absolute Gasteiger partial charge is 0.242 e. The Labute approximate surface area is 161 Å². The van der Waals surface area contributed by atoms with Gasteiger partial charge in [-0.05, 0) is 17.7 Å². The van der Waals surface area contributed by atoms with E-state index in [4.69, 9.17) is 16.2 Å². The van der Waals surface area contributed by atoms with Gasteiger partial charge in [0.1, 0.15) is 22.6 Å². The van der Waals surface area contributed by atoms with E-state index in [1.807, 2.05) is 36.4 Å². The van der Waals surface area contributed by atoms with Gasteiger partial charge in [0, 0.05) is 17.8 Å². The lowest BCUT2D eigenvalue weighted by atomic mass is 10.1. The van der Waals surface area contributed by atoms with Crippen LogP contribution in [0.25, 0.3) is 0 Å². The summed E-state index contributed by atoms with van der Waals surface area (Å²) in [7, 11) is 1.57. The molecule has 0 fully saturated rings. The van der Waals surface area contributed by atoms with Gasteiger partial charge in [-0.1, -0.05) is 48.2 Å². The Kier molecular flexibility index (Phi) is 5.77. The van der Waals surface area contributed by atoms with E-state index >= 15 is 0 Å². The summed E-state index contributed by atoms with van der Waals surface area (Å²) in [4.78, 5) is 21.3. The highest BCUT2D eigenvalue weighted by Gasteiger charge is 2.24. The molecule has 1 atom stereocenters. The Morgan fingerprint density at radius 2 is 1.74 bits per heavy atom. The van der Waals surface area contributed by atoms with Crippen LogP contribution in [0.5, 0.6) is 5.75 Å². The van der Waals surface area contributed by atoms with Gasteiger partial charge in [-0.2, -0.15) is 0 Å². The van der Waals surface area contributed by atoms with E-state index in [-0.39, 0.29) is 17.5 Å². The number of methoxy groups -OCH3 is 1. The van der Waals surface area contributed by atoms with Crippen molar-refractivity contribution in [3.63, 3.8) is 0 Å². The first kappa shape index (κ1) is 18.5. The van der Waals surface area contributed by atoms with Crippen LogP contribution in [-0.2, 0) is 4.79 Å². The van der Waals surface area contributed by atoms with Crippen molar-refractivity contribution < 1.29 is 9.53 Å². The molecule has 2 aromatic carbocycles. The molecule has 0 saturated heterocycles. The van der Waals surface area contributed by atoms with Crippen molar-refractivity contribution in [2.45, 2.75) is 10.4 Å². The number of nitrogens with one attached hydrogen (secondary N) is 1. The fourth-order valence-electron chi connectivity index (χ4n) is 2.43. The number of carbonyl (C=O) groups excluding carboxylic acids is 1. The lowest BCUT2D eigenvalue weighted by molar-refractivity contribution is -0.115. The fourth-order valence-corrected chi connectivity index (χ4v) is 3.42. The van der Waals surface area contributed by atoms with Crippen LogP contribution in [0.15, 0.2) is 65.8 Å². The predicted octanol–water partition coefficient (Wildman–Crippen LogP) is 3.12. The Morgan fingerprint density at radius 1 is 1.04 bits per heavy atom. The van der Waals surface area contributed by atoms with Crippen LogP contribution in [0.2, 0.25) is 0 Å². The number of aromatic nitrogens is 2. The molecule has 5 N–H and O–H groups in total. The van der Waals surface area contributed by atoms with Crippen LogP contribution < -0.4 is 21.5 Å². The van der Waals surface area contributed by atoms with Crippen molar-refractivity contribution in [1.29, 1.82) is 0 Å². The average Bonchev–Trinajstić information content (AvgIpc) is 2.66. The molecule has 0 saturated carbocycles. The highest BCUT2D eigenvalue weighted by molar-refractivity contribution is 8.00. The van der Waals surface area contributed by atoms with Gasteiger partial charge in [0.05, 0.1) is 7.11 Å². The van der Waals surface area contributed by atoms with E-state index in [0.717, 1.165) is 5.56 Å². The molecule has 0 unspecified atom stereocenters. The largest absolute Gasteiger partial charge is 0.497 e. The number of nitrogens with zero attached hydrogens (tertiary/aromatic N) is 2. The van der Waals surface area contributed by atoms with Gasteiger partial charge in [0.2, 0.25) is 5.91 Å². The molecule has 0 spiro atoms. The second-order valence-electron chi connectivity index (χ2n) is 5.63.